The van der Waals surface area contributed by atoms with E-state index in [0.29, 0.717) is 10.6 Å². The van der Waals surface area contributed by atoms with E-state index < -0.39 is 5.67 Å². The van der Waals surface area contributed by atoms with E-state index >= 15 is 0 Å². The molecule has 100 valence electrons. The Bertz CT molecular complexity index is 431. The van der Waals surface area contributed by atoms with Crippen LogP contribution in [0.1, 0.15) is 57.1 Å². The van der Waals surface area contributed by atoms with Crippen LogP contribution in [0.3, 0.4) is 0 Å². The smallest absolute Gasteiger partial charge is 0.130 e. The summed E-state index contributed by atoms with van der Waals surface area (Å²) in [6.45, 7) is 3.08. The fourth-order valence-electron chi connectivity index (χ4n) is 2.74. The average molecular weight is 270 g/mol. The molecule has 0 spiro atoms. The first-order valence-electron chi connectivity index (χ1n) is 6.61. The Labute approximate surface area is 114 Å². The molecule has 1 aromatic carbocycles. The Hall–Kier alpha value is -0.600. The molecule has 1 fully saturated rings. The SMILES string of the molecule is CC(C)(F)c1ccc(C2(N)CCCCC2)c(Cl)c1. The van der Waals surface area contributed by atoms with Crippen molar-refractivity contribution in [3.05, 3.63) is 34.3 Å². The lowest BCUT2D eigenvalue weighted by molar-refractivity contribution is 0.221. The summed E-state index contributed by atoms with van der Waals surface area (Å²) in [7, 11) is 0. The van der Waals surface area contributed by atoms with Crippen LogP contribution in [-0.4, -0.2) is 0 Å². The minimum Gasteiger partial charge on any atom is -0.321 e. The van der Waals surface area contributed by atoms with Gasteiger partial charge in [-0.25, -0.2) is 4.39 Å². The second-order valence-electron chi connectivity index (χ2n) is 5.88. The second-order valence-corrected chi connectivity index (χ2v) is 6.29. The van der Waals surface area contributed by atoms with Gasteiger partial charge in [-0.05, 0) is 43.9 Å². The number of rotatable bonds is 2. The molecule has 1 aliphatic carbocycles. The Morgan fingerprint density at radius 1 is 1.22 bits per heavy atom. The van der Waals surface area contributed by atoms with Gasteiger partial charge in [-0.2, -0.15) is 0 Å². The molecule has 18 heavy (non-hydrogen) atoms. The van der Waals surface area contributed by atoms with Crippen molar-refractivity contribution >= 4 is 11.6 Å². The standard InChI is InChI=1S/C15H21ClFN/c1-14(2,17)11-6-7-12(13(16)10-11)15(18)8-4-3-5-9-15/h6-7,10H,3-5,8-9,18H2,1-2H3. The predicted molar refractivity (Wildman–Crippen MR) is 74.5 cm³/mol. The summed E-state index contributed by atoms with van der Waals surface area (Å²) in [5.41, 5.74) is 6.35. The predicted octanol–water partition coefficient (Wildman–Crippen LogP) is 4.66. The highest BCUT2D eigenvalue weighted by molar-refractivity contribution is 6.31. The van der Waals surface area contributed by atoms with Crippen molar-refractivity contribution in [2.75, 3.05) is 0 Å². The molecule has 0 atom stereocenters. The largest absolute Gasteiger partial charge is 0.321 e. The van der Waals surface area contributed by atoms with Gasteiger partial charge in [0.05, 0.1) is 0 Å². The molecule has 2 N–H and O–H groups in total. The van der Waals surface area contributed by atoms with E-state index in [1.165, 1.54) is 20.3 Å². The Kier molecular flexibility index (Phi) is 3.70. The molecule has 2 rings (SSSR count). The quantitative estimate of drug-likeness (QED) is 0.830. The molecule has 1 nitrogen and oxygen atoms in total. The highest BCUT2D eigenvalue weighted by Crippen LogP contribution is 2.39. The van der Waals surface area contributed by atoms with Gasteiger partial charge in [0, 0.05) is 10.6 Å². The first-order valence-corrected chi connectivity index (χ1v) is 6.99. The number of alkyl halides is 1. The number of benzene rings is 1. The maximum atomic E-state index is 13.9. The molecule has 0 unspecified atom stereocenters. The highest BCUT2D eigenvalue weighted by atomic mass is 35.5. The van der Waals surface area contributed by atoms with E-state index in [9.17, 15) is 4.39 Å². The Morgan fingerprint density at radius 2 is 1.83 bits per heavy atom. The molecule has 1 aliphatic rings. The number of nitrogens with two attached hydrogens (primary N) is 1. The lowest BCUT2D eigenvalue weighted by atomic mass is 9.77. The molecule has 0 saturated heterocycles. The van der Waals surface area contributed by atoms with Crippen molar-refractivity contribution in [1.82, 2.24) is 0 Å². The first kappa shape index (κ1) is 13.8. The van der Waals surface area contributed by atoms with E-state index in [1.807, 2.05) is 12.1 Å². The van der Waals surface area contributed by atoms with E-state index in [1.54, 1.807) is 6.07 Å². The molecule has 0 heterocycles. The third-order valence-electron chi connectivity index (χ3n) is 3.94. The maximum absolute atomic E-state index is 13.9. The van der Waals surface area contributed by atoms with Gasteiger partial charge in [-0.1, -0.05) is 43.0 Å². The third kappa shape index (κ3) is 2.70. The lowest BCUT2D eigenvalue weighted by Gasteiger charge is -2.35. The van der Waals surface area contributed by atoms with E-state index in [4.69, 9.17) is 17.3 Å². The van der Waals surface area contributed by atoms with Crippen LogP contribution in [0.25, 0.3) is 0 Å². The van der Waals surface area contributed by atoms with Crippen LogP contribution in [0.15, 0.2) is 18.2 Å². The van der Waals surface area contributed by atoms with Crippen LogP contribution in [0.2, 0.25) is 5.02 Å². The number of hydrogen-bond donors (Lipinski definition) is 1. The molecular formula is C15H21ClFN. The maximum Gasteiger partial charge on any atom is 0.130 e. The van der Waals surface area contributed by atoms with Gasteiger partial charge in [0.25, 0.3) is 0 Å². The van der Waals surface area contributed by atoms with Crippen LogP contribution >= 0.6 is 11.6 Å². The van der Waals surface area contributed by atoms with Crippen molar-refractivity contribution in [1.29, 1.82) is 0 Å². The van der Waals surface area contributed by atoms with Crippen molar-refractivity contribution in [3.63, 3.8) is 0 Å². The van der Waals surface area contributed by atoms with Gasteiger partial charge in [0.2, 0.25) is 0 Å². The minimum atomic E-state index is -1.36. The average Bonchev–Trinajstić information content (AvgIpc) is 2.28. The second kappa shape index (κ2) is 4.82. The molecule has 1 aromatic rings. The summed E-state index contributed by atoms with van der Waals surface area (Å²) in [6, 6.07) is 5.44. The zero-order valence-electron chi connectivity index (χ0n) is 11.1. The van der Waals surface area contributed by atoms with Crippen LogP contribution < -0.4 is 5.73 Å². The Balaban J connectivity index is 2.35. The van der Waals surface area contributed by atoms with Gasteiger partial charge in [-0.3, -0.25) is 0 Å². The zero-order valence-corrected chi connectivity index (χ0v) is 11.9. The molecule has 0 bridgehead atoms. The zero-order chi connectivity index (χ0) is 13.4. The van der Waals surface area contributed by atoms with E-state index in [0.717, 1.165) is 31.2 Å². The first-order chi connectivity index (χ1) is 8.33. The molecular weight excluding hydrogens is 249 g/mol. The monoisotopic (exact) mass is 269 g/mol. The highest BCUT2D eigenvalue weighted by Gasteiger charge is 2.32. The van der Waals surface area contributed by atoms with Crippen LogP contribution in [0.5, 0.6) is 0 Å². The number of halogens is 2. The summed E-state index contributed by atoms with van der Waals surface area (Å²) in [5.74, 6) is 0. The topological polar surface area (TPSA) is 26.0 Å². The van der Waals surface area contributed by atoms with Gasteiger partial charge in [-0.15, -0.1) is 0 Å². The Morgan fingerprint density at radius 3 is 2.33 bits per heavy atom. The van der Waals surface area contributed by atoms with Gasteiger partial charge < -0.3 is 5.73 Å². The summed E-state index contributed by atoms with van der Waals surface area (Å²) in [5, 5.41) is 0.600. The summed E-state index contributed by atoms with van der Waals surface area (Å²) in [6.07, 6.45) is 5.45. The van der Waals surface area contributed by atoms with Crippen LogP contribution in [0.4, 0.5) is 4.39 Å². The fraction of sp³-hybridized carbons (Fsp3) is 0.600. The van der Waals surface area contributed by atoms with Gasteiger partial charge >= 0.3 is 0 Å². The van der Waals surface area contributed by atoms with E-state index in [2.05, 4.69) is 0 Å². The van der Waals surface area contributed by atoms with Gasteiger partial charge in [0.15, 0.2) is 0 Å². The summed E-state index contributed by atoms with van der Waals surface area (Å²) in [4.78, 5) is 0. The molecule has 0 aromatic heterocycles. The van der Waals surface area contributed by atoms with Gasteiger partial charge in [0.1, 0.15) is 5.67 Å². The summed E-state index contributed by atoms with van der Waals surface area (Å²) >= 11 is 6.31. The molecule has 0 aliphatic heterocycles. The van der Waals surface area contributed by atoms with Crippen molar-refractivity contribution in [2.45, 2.75) is 57.2 Å². The molecule has 1 saturated carbocycles. The van der Waals surface area contributed by atoms with Crippen LogP contribution in [-0.2, 0) is 11.2 Å². The molecule has 0 amide bonds. The fourth-order valence-corrected chi connectivity index (χ4v) is 3.11. The minimum absolute atomic E-state index is 0.325. The molecule has 3 heteroatoms. The third-order valence-corrected chi connectivity index (χ3v) is 4.25. The summed E-state index contributed by atoms with van der Waals surface area (Å²) < 4.78 is 13.9. The van der Waals surface area contributed by atoms with Crippen molar-refractivity contribution in [3.8, 4) is 0 Å². The van der Waals surface area contributed by atoms with Crippen molar-refractivity contribution < 1.29 is 4.39 Å². The van der Waals surface area contributed by atoms with E-state index in [-0.39, 0.29) is 5.54 Å². The normalized spacial score (nSPS) is 19.8. The van der Waals surface area contributed by atoms with Crippen LogP contribution in [0, 0.1) is 0 Å². The molecule has 0 radical (unpaired) electrons. The lowest BCUT2D eigenvalue weighted by Crippen LogP contribution is -2.38. The number of hydrogen-bond acceptors (Lipinski definition) is 1. The van der Waals surface area contributed by atoms with Crippen molar-refractivity contribution in [2.24, 2.45) is 5.73 Å².